The Labute approximate surface area is 161 Å². The third-order valence-corrected chi connectivity index (χ3v) is 4.10. The van der Waals surface area contributed by atoms with Crippen LogP contribution in [0.25, 0.3) is 0 Å². The normalized spacial score (nSPS) is 15.0. The maximum atomic E-state index is 12.1. The van der Waals surface area contributed by atoms with Gasteiger partial charge in [-0.15, -0.1) is 0 Å². The monoisotopic (exact) mass is 384 g/mol. The van der Waals surface area contributed by atoms with Crippen molar-refractivity contribution in [1.82, 2.24) is 5.32 Å². The number of carboxylic acids is 1. The number of anilines is 1. The van der Waals surface area contributed by atoms with E-state index in [1.807, 2.05) is 0 Å². The van der Waals surface area contributed by atoms with E-state index < -0.39 is 18.7 Å². The zero-order valence-corrected chi connectivity index (χ0v) is 15.0. The first-order chi connectivity index (χ1) is 13.5. The molecule has 0 saturated heterocycles. The number of carbonyl (C=O) groups is 3. The summed E-state index contributed by atoms with van der Waals surface area (Å²) in [6.07, 6.45) is -0.339. The Morgan fingerprint density at radius 1 is 1.14 bits per heavy atom. The van der Waals surface area contributed by atoms with E-state index in [4.69, 9.17) is 14.6 Å². The van der Waals surface area contributed by atoms with Gasteiger partial charge in [0.1, 0.15) is 11.5 Å². The Bertz CT molecular complexity index is 865. The number of carbonyl (C=O) groups excluding carboxylic acids is 2. The molecule has 1 aliphatic heterocycles. The van der Waals surface area contributed by atoms with Crippen molar-refractivity contribution in [1.29, 1.82) is 0 Å². The molecule has 2 aromatic carbocycles. The quantitative estimate of drug-likeness (QED) is 0.637. The molecule has 146 valence electrons. The fourth-order valence-corrected chi connectivity index (χ4v) is 2.71. The van der Waals surface area contributed by atoms with Gasteiger partial charge < -0.3 is 25.2 Å². The van der Waals surface area contributed by atoms with E-state index in [2.05, 4.69) is 10.6 Å². The molecule has 8 heteroatoms. The summed E-state index contributed by atoms with van der Waals surface area (Å²) in [6, 6.07) is 14.0. The van der Waals surface area contributed by atoms with Crippen LogP contribution >= 0.6 is 0 Å². The summed E-state index contributed by atoms with van der Waals surface area (Å²) in [7, 11) is 0. The molecule has 0 aliphatic carbocycles. The highest BCUT2D eigenvalue weighted by Gasteiger charge is 2.29. The molecule has 1 unspecified atom stereocenters. The standard InChI is InChI=1S/C20H20N2O6/c23-18(11-17-20(26)22-15-3-1-2-4-16(15)28-17)21-10-9-13-5-7-14(8-6-13)27-12-19(24)25/h1-8,17H,9-12H2,(H,21,23)(H,22,26)(H,24,25). The van der Waals surface area contributed by atoms with E-state index >= 15 is 0 Å². The summed E-state index contributed by atoms with van der Waals surface area (Å²) in [5.74, 6) is -0.640. The van der Waals surface area contributed by atoms with Crippen LogP contribution in [0.3, 0.4) is 0 Å². The molecule has 8 nitrogen and oxygen atoms in total. The molecule has 2 aromatic rings. The van der Waals surface area contributed by atoms with Gasteiger partial charge in [-0.25, -0.2) is 4.79 Å². The van der Waals surface area contributed by atoms with Gasteiger partial charge in [0.2, 0.25) is 5.91 Å². The number of hydrogen-bond acceptors (Lipinski definition) is 5. The van der Waals surface area contributed by atoms with Crippen molar-refractivity contribution >= 4 is 23.5 Å². The lowest BCUT2D eigenvalue weighted by molar-refractivity contribution is -0.139. The van der Waals surface area contributed by atoms with Crippen molar-refractivity contribution in [2.45, 2.75) is 18.9 Å². The van der Waals surface area contributed by atoms with Gasteiger partial charge in [-0.2, -0.15) is 0 Å². The number of aliphatic carboxylic acids is 1. The first kappa shape index (κ1) is 19.2. The smallest absolute Gasteiger partial charge is 0.341 e. The molecule has 0 spiro atoms. The summed E-state index contributed by atoms with van der Waals surface area (Å²) in [5.41, 5.74) is 1.56. The molecule has 0 fully saturated rings. The topological polar surface area (TPSA) is 114 Å². The van der Waals surface area contributed by atoms with E-state index in [9.17, 15) is 14.4 Å². The average Bonchev–Trinajstić information content (AvgIpc) is 2.68. The van der Waals surface area contributed by atoms with Crippen LogP contribution in [0.5, 0.6) is 11.5 Å². The molecule has 3 rings (SSSR count). The Morgan fingerprint density at radius 3 is 2.64 bits per heavy atom. The Kier molecular flexibility index (Phi) is 6.11. The highest BCUT2D eigenvalue weighted by atomic mass is 16.5. The lowest BCUT2D eigenvalue weighted by Crippen LogP contribution is -2.41. The van der Waals surface area contributed by atoms with Crippen molar-refractivity contribution in [3.63, 3.8) is 0 Å². The molecule has 2 amide bonds. The second kappa shape index (κ2) is 8.90. The van der Waals surface area contributed by atoms with Gasteiger partial charge in [0, 0.05) is 6.54 Å². The summed E-state index contributed by atoms with van der Waals surface area (Å²) >= 11 is 0. The predicted octanol–water partition coefficient (Wildman–Crippen LogP) is 1.60. The van der Waals surface area contributed by atoms with E-state index in [-0.39, 0.29) is 18.2 Å². The van der Waals surface area contributed by atoms with E-state index in [1.165, 1.54) is 0 Å². The highest BCUT2D eigenvalue weighted by Crippen LogP contribution is 2.29. The second-order valence-corrected chi connectivity index (χ2v) is 6.22. The van der Waals surface area contributed by atoms with E-state index in [0.29, 0.717) is 30.2 Å². The molecular formula is C20H20N2O6. The molecule has 28 heavy (non-hydrogen) atoms. The molecule has 0 aromatic heterocycles. The van der Waals surface area contributed by atoms with Crippen molar-refractivity contribution in [2.75, 3.05) is 18.5 Å². The Hall–Kier alpha value is -3.55. The third kappa shape index (κ3) is 5.23. The van der Waals surface area contributed by atoms with Crippen LogP contribution < -0.4 is 20.1 Å². The van der Waals surface area contributed by atoms with Crippen molar-refractivity contribution < 1.29 is 29.0 Å². The second-order valence-electron chi connectivity index (χ2n) is 6.22. The molecule has 1 atom stereocenters. The van der Waals surface area contributed by atoms with Gasteiger partial charge in [0.25, 0.3) is 5.91 Å². The lowest BCUT2D eigenvalue weighted by atomic mass is 10.1. The first-order valence-electron chi connectivity index (χ1n) is 8.78. The fraction of sp³-hybridized carbons (Fsp3) is 0.250. The van der Waals surface area contributed by atoms with Gasteiger partial charge >= 0.3 is 5.97 Å². The number of carboxylic acid groups (broad SMARTS) is 1. The molecule has 1 aliphatic rings. The number of rotatable bonds is 8. The van der Waals surface area contributed by atoms with E-state index in [1.54, 1.807) is 48.5 Å². The van der Waals surface area contributed by atoms with Crippen LogP contribution in [-0.2, 0) is 20.8 Å². The van der Waals surface area contributed by atoms with Gasteiger partial charge in [-0.3, -0.25) is 9.59 Å². The number of amides is 2. The molecule has 0 saturated carbocycles. The number of benzene rings is 2. The number of fused-ring (bicyclic) bond motifs is 1. The van der Waals surface area contributed by atoms with Crippen molar-refractivity contribution in [3.8, 4) is 11.5 Å². The van der Waals surface area contributed by atoms with Gasteiger partial charge in [-0.1, -0.05) is 24.3 Å². The zero-order chi connectivity index (χ0) is 19.9. The molecular weight excluding hydrogens is 364 g/mol. The van der Waals surface area contributed by atoms with Gasteiger partial charge in [0.15, 0.2) is 12.7 Å². The Balaban J connectivity index is 1.42. The first-order valence-corrected chi connectivity index (χ1v) is 8.78. The maximum absolute atomic E-state index is 12.1. The number of nitrogens with one attached hydrogen (secondary N) is 2. The van der Waals surface area contributed by atoms with Crippen LogP contribution in [0.15, 0.2) is 48.5 Å². The molecule has 3 N–H and O–H groups in total. The zero-order valence-electron chi connectivity index (χ0n) is 15.0. The summed E-state index contributed by atoms with van der Waals surface area (Å²) < 4.78 is 10.7. The highest BCUT2D eigenvalue weighted by molar-refractivity contribution is 5.99. The average molecular weight is 384 g/mol. The minimum Gasteiger partial charge on any atom is -0.482 e. The van der Waals surface area contributed by atoms with Crippen LogP contribution in [0.4, 0.5) is 5.69 Å². The van der Waals surface area contributed by atoms with Crippen LogP contribution in [0.1, 0.15) is 12.0 Å². The summed E-state index contributed by atoms with van der Waals surface area (Å²) in [5, 5.41) is 14.1. The lowest BCUT2D eigenvalue weighted by Gasteiger charge is -2.25. The number of para-hydroxylation sites is 2. The molecule has 0 radical (unpaired) electrons. The van der Waals surface area contributed by atoms with Gasteiger partial charge in [0.05, 0.1) is 12.1 Å². The largest absolute Gasteiger partial charge is 0.482 e. The van der Waals surface area contributed by atoms with Gasteiger partial charge in [-0.05, 0) is 36.2 Å². The summed E-state index contributed by atoms with van der Waals surface area (Å²) in [6.45, 7) is 0.00971. The van der Waals surface area contributed by atoms with Crippen molar-refractivity contribution in [3.05, 3.63) is 54.1 Å². The minimum absolute atomic E-state index is 0.0673. The molecule has 1 heterocycles. The fourth-order valence-electron chi connectivity index (χ4n) is 2.71. The minimum atomic E-state index is -1.04. The van der Waals surface area contributed by atoms with Crippen LogP contribution in [-0.4, -0.2) is 42.1 Å². The number of hydrogen-bond donors (Lipinski definition) is 3. The van der Waals surface area contributed by atoms with E-state index in [0.717, 1.165) is 5.56 Å². The predicted molar refractivity (Wildman–Crippen MR) is 100 cm³/mol. The maximum Gasteiger partial charge on any atom is 0.341 e. The third-order valence-electron chi connectivity index (χ3n) is 4.10. The van der Waals surface area contributed by atoms with Crippen LogP contribution in [0.2, 0.25) is 0 Å². The SMILES string of the molecule is O=C(O)COc1ccc(CCNC(=O)CC2Oc3ccccc3NC2=O)cc1. The summed E-state index contributed by atoms with van der Waals surface area (Å²) in [4.78, 5) is 34.6. The molecule has 0 bridgehead atoms. The van der Waals surface area contributed by atoms with Crippen molar-refractivity contribution in [2.24, 2.45) is 0 Å². The Morgan fingerprint density at radius 2 is 1.89 bits per heavy atom. The number of ether oxygens (including phenoxy) is 2. The van der Waals surface area contributed by atoms with Crippen LogP contribution in [0, 0.1) is 0 Å².